The van der Waals surface area contributed by atoms with E-state index in [0.717, 1.165) is 12.1 Å². The Bertz CT molecular complexity index is 576. The summed E-state index contributed by atoms with van der Waals surface area (Å²) in [5.74, 6) is -3.63. The molecule has 0 fully saturated rings. The van der Waals surface area contributed by atoms with E-state index in [1.165, 1.54) is 0 Å². The number of benzene rings is 1. The van der Waals surface area contributed by atoms with Crippen LogP contribution in [0.5, 0.6) is 0 Å². The van der Waals surface area contributed by atoms with E-state index in [0.29, 0.717) is 6.07 Å². The Labute approximate surface area is 126 Å². The van der Waals surface area contributed by atoms with Crippen LogP contribution >= 0.6 is 0 Å². The minimum absolute atomic E-state index is 0.0504. The fourth-order valence-corrected chi connectivity index (χ4v) is 1.54. The third kappa shape index (κ3) is 5.86. The summed E-state index contributed by atoms with van der Waals surface area (Å²) < 4.78 is 26.1. The molecule has 1 rings (SSSR count). The summed E-state index contributed by atoms with van der Waals surface area (Å²) in [7, 11) is 0. The van der Waals surface area contributed by atoms with Crippen LogP contribution in [0.4, 0.5) is 8.78 Å². The minimum atomic E-state index is -1.02. The third-order valence-corrected chi connectivity index (χ3v) is 2.48. The predicted octanol–water partition coefficient (Wildman–Crippen LogP) is 0.335. The van der Waals surface area contributed by atoms with Crippen LogP contribution in [0.1, 0.15) is 24.2 Å². The molecule has 0 saturated carbocycles. The predicted molar refractivity (Wildman–Crippen MR) is 75.0 cm³/mol. The molecule has 0 bridgehead atoms. The van der Waals surface area contributed by atoms with Gasteiger partial charge in [0.2, 0.25) is 11.8 Å². The Morgan fingerprint density at radius 2 is 1.68 bits per heavy atom. The number of hydrogen-bond acceptors (Lipinski definition) is 3. The summed E-state index contributed by atoms with van der Waals surface area (Å²) >= 11 is 0. The fourth-order valence-electron chi connectivity index (χ4n) is 1.54. The number of nitrogens with one attached hydrogen (secondary N) is 3. The maximum Gasteiger partial charge on any atom is 0.254 e. The topological polar surface area (TPSA) is 87.3 Å². The largest absolute Gasteiger partial charge is 0.352 e. The van der Waals surface area contributed by atoms with Crippen LogP contribution in [-0.4, -0.2) is 36.9 Å². The summed E-state index contributed by atoms with van der Waals surface area (Å²) in [5, 5.41) is 7.05. The molecule has 0 spiro atoms. The van der Waals surface area contributed by atoms with Gasteiger partial charge in [0.25, 0.3) is 5.91 Å². The monoisotopic (exact) mass is 313 g/mol. The van der Waals surface area contributed by atoms with E-state index in [2.05, 4.69) is 16.0 Å². The van der Waals surface area contributed by atoms with Crippen molar-refractivity contribution in [3.05, 3.63) is 35.4 Å². The van der Waals surface area contributed by atoms with Crippen molar-refractivity contribution in [2.45, 2.75) is 19.9 Å². The van der Waals surface area contributed by atoms with Gasteiger partial charge in [0.05, 0.1) is 18.7 Å². The van der Waals surface area contributed by atoms with Gasteiger partial charge in [-0.05, 0) is 26.0 Å². The van der Waals surface area contributed by atoms with Gasteiger partial charge in [-0.1, -0.05) is 0 Å². The lowest BCUT2D eigenvalue weighted by molar-refractivity contribution is -0.125. The molecule has 0 unspecified atom stereocenters. The molecule has 3 N–H and O–H groups in total. The van der Waals surface area contributed by atoms with Gasteiger partial charge >= 0.3 is 0 Å². The standard InChI is InChI=1S/C14H17F2N3O3/c1-8(2)19-13(21)7-17-12(20)6-18-14(22)10-4-3-9(15)5-11(10)16/h3-5,8H,6-7H2,1-2H3,(H,17,20)(H,18,22)(H,19,21). The van der Waals surface area contributed by atoms with Crippen LogP contribution in [0, 0.1) is 11.6 Å². The molecule has 0 radical (unpaired) electrons. The van der Waals surface area contributed by atoms with Crippen LogP contribution in [-0.2, 0) is 9.59 Å². The number of hydrogen-bond donors (Lipinski definition) is 3. The van der Waals surface area contributed by atoms with E-state index in [9.17, 15) is 23.2 Å². The number of carbonyl (C=O) groups excluding carboxylic acids is 3. The second-order valence-electron chi connectivity index (χ2n) is 4.81. The van der Waals surface area contributed by atoms with Crippen molar-refractivity contribution >= 4 is 17.7 Å². The smallest absolute Gasteiger partial charge is 0.254 e. The first-order valence-electron chi connectivity index (χ1n) is 6.59. The molecular weight excluding hydrogens is 296 g/mol. The molecule has 1 aromatic rings. The van der Waals surface area contributed by atoms with Gasteiger partial charge < -0.3 is 16.0 Å². The second-order valence-corrected chi connectivity index (χ2v) is 4.81. The van der Waals surface area contributed by atoms with Gasteiger partial charge in [0.1, 0.15) is 11.6 Å². The molecule has 3 amide bonds. The van der Waals surface area contributed by atoms with Crippen molar-refractivity contribution in [3.63, 3.8) is 0 Å². The maximum atomic E-state index is 13.3. The Hall–Kier alpha value is -2.51. The van der Waals surface area contributed by atoms with Crippen molar-refractivity contribution in [2.75, 3.05) is 13.1 Å². The van der Waals surface area contributed by atoms with E-state index >= 15 is 0 Å². The Morgan fingerprint density at radius 3 is 2.27 bits per heavy atom. The summed E-state index contributed by atoms with van der Waals surface area (Å²) in [5.41, 5.74) is -0.369. The number of amides is 3. The molecule has 22 heavy (non-hydrogen) atoms. The first kappa shape index (κ1) is 17.5. The van der Waals surface area contributed by atoms with Crippen molar-refractivity contribution < 1.29 is 23.2 Å². The van der Waals surface area contributed by atoms with E-state index in [4.69, 9.17) is 0 Å². The fraction of sp³-hybridized carbons (Fsp3) is 0.357. The average Bonchev–Trinajstić information content (AvgIpc) is 2.41. The van der Waals surface area contributed by atoms with Gasteiger partial charge in [0.15, 0.2) is 0 Å². The van der Waals surface area contributed by atoms with Crippen molar-refractivity contribution in [1.29, 1.82) is 0 Å². The Morgan fingerprint density at radius 1 is 1.05 bits per heavy atom. The molecular formula is C14H17F2N3O3. The lowest BCUT2D eigenvalue weighted by Crippen LogP contribution is -2.43. The lowest BCUT2D eigenvalue weighted by Gasteiger charge is -2.10. The summed E-state index contributed by atoms with van der Waals surface area (Å²) in [4.78, 5) is 34.4. The van der Waals surface area contributed by atoms with E-state index < -0.39 is 30.0 Å². The molecule has 1 aromatic carbocycles. The first-order valence-corrected chi connectivity index (χ1v) is 6.59. The normalized spacial score (nSPS) is 10.2. The molecule has 0 heterocycles. The third-order valence-electron chi connectivity index (χ3n) is 2.48. The highest BCUT2D eigenvalue weighted by atomic mass is 19.1. The average molecular weight is 313 g/mol. The van der Waals surface area contributed by atoms with Crippen LogP contribution < -0.4 is 16.0 Å². The number of rotatable bonds is 6. The van der Waals surface area contributed by atoms with Crippen molar-refractivity contribution in [2.24, 2.45) is 0 Å². The SMILES string of the molecule is CC(C)NC(=O)CNC(=O)CNC(=O)c1ccc(F)cc1F. The highest BCUT2D eigenvalue weighted by Crippen LogP contribution is 2.08. The van der Waals surface area contributed by atoms with Crippen LogP contribution in [0.25, 0.3) is 0 Å². The maximum absolute atomic E-state index is 13.3. The summed E-state index contributed by atoms with van der Waals surface area (Å²) in [6.07, 6.45) is 0. The molecule has 0 aliphatic heterocycles. The highest BCUT2D eigenvalue weighted by molar-refractivity contribution is 5.97. The van der Waals surface area contributed by atoms with Gasteiger partial charge in [-0.15, -0.1) is 0 Å². The van der Waals surface area contributed by atoms with Gasteiger partial charge in [0, 0.05) is 12.1 Å². The Balaban J connectivity index is 2.40. The zero-order valence-electron chi connectivity index (χ0n) is 12.2. The van der Waals surface area contributed by atoms with Crippen molar-refractivity contribution in [1.82, 2.24) is 16.0 Å². The van der Waals surface area contributed by atoms with E-state index in [1.54, 1.807) is 13.8 Å². The highest BCUT2D eigenvalue weighted by Gasteiger charge is 2.13. The minimum Gasteiger partial charge on any atom is -0.352 e. The number of carbonyl (C=O) groups is 3. The molecule has 120 valence electrons. The van der Waals surface area contributed by atoms with Gasteiger partial charge in [-0.3, -0.25) is 14.4 Å². The first-order chi connectivity index (χ1) is 10.3. The molecule has 8 heteroatoms. The summed E-state index contributed by atoms with van der Waals surface area (Å²) in [6.45, 7) is 2.90. The van der Waals surface area contributed by atoms with Crippen LogP contribution in [0.15, 0.2) is 18.2 Å². The molecule has 0 atom stereocenters. The van der Waals surface area contributed by atoms with E-state index in [1.807, 2.05) is 0 Å². The molecule has 0 aliphatic carbocycles. The molecule has 0 aromatic heterocycles. The van der Waals surface area contributed by atoms with E-state index in [-0.39, 0.29) is 24.1 Å². The van der Waals surface area contributed by atoms with Gasteiger partial charge in [-0.25, -0.2) is 8.78 Å². The van der Waals surface area contributed by atoms with Crippen LogP contribution in [0.2, 0.25) is 0 Å². The zero-order valence-corrected chi connectivity index (χ0v) is 12.2. The Kier molecular flexibility index (Phi) is 6.43. The lowest BCUT2D eigenvalue weighted by atomic mass is 10.2. The molecule has 0 saturated heterocycles. The van der Waals surface area contributed by atoms with Crippen LogP contribution in [0.3, 0.4) is 0 Å². The second kappa shape index (κ2) is 8.06. The number of halogens is 2. The summed E-state index contributed by atoms with van der Waals surface area (Å²) in [6, 6.07) is 2.44. The molecule has 6 nitrogen and oxygen atoms in total. The molecule has 0 aliphatic rings. The zero-order chi connectivity index (χ0) is 16.7. The quantitative estimate of drug-likeness (QED) is 0.707. The van der Waals surface area contributed by atoms with Gasteiger partial charge in [-0.2, -0.15) is 0 Å². The van der Waals surface area contributed by atoms with Crippen molar-refractivity contribution in [3.8, 4) is 0 Å².